The van der Waals surface area contributed by atoms with E-state index in [9.17, 15) is 0 Å². The van der Waals surface area contributed by atoms with Gasteiger partial charge in [-0.1, -0.05) is 54.6 Å². The van der Waals surface area contributed by atoms with Crippen molar-refractivity contribution in [2.45, 2.75) is 6.92 Å². The number of aryl methyl sites for hydroxylation is 2. The molecule has 0 aliphatic carbocycles. The van der Waals surface area contributed by atoms with Gasteiger partial charge in [-0.05, 0) is 60.0 Å². The highest BCUT2D eigenvalue weighted by molar-refractivity contribution is 7.16. The van der Waals surface area contributed by atoms with Crippen LogP contribution in [0.25, 0.3) is 49.5 Å². The van der Waals surface area contributed by atoms with Gasteiger partial charge >= 0.3 is 0 Å². The summed E-state index contributed by atoms with van der Waals surface area (Å²) >= 11 is 1.69. The maximum absolute atomic E-state index is 4.50. The Balaban J connectivity index is 1.60. The molecule has 0 atom stereocenters. The number of rotatable bonds is 3. The third kappa shape index (κ3) is 2.95. The largest absolute Gasteiger partial charge is 0.295 e. The van der Waals surface area contributed by atoms with Crippen LogP contribution in [0.15, 0.2) is 96.5 Å². The number of para-hydroxylation sites is 2. The van der Waals surface area contributed by atoms with Crippen molar-refractivity contribution >= 4 is 32.6 Å². The highest BCUT2D eigenvalue weighted by atomic mass is 32.1. The Bertz CT molecular complexity index is 1570. The lowest BCUT2D eigenvalue weighted by atomic mass is 10.0. The van der Waals surface area contributed by atoms with E-state index in [2.05, 4.69) is 119 Å². The van der Waals surface area contributed by atoms with Gasteiger partial charge in [0, 0.05) is 0 Å². The first kappa shape index (κ1) is 19.0. The van der Waals surface area contributed by atoms with E-state index in [1.807, 2.05) is 5.51 Å². The molecule has 32 heavy (non-hydrogen) atoms. The Labute approximate surface area is 190 Å². The molecule has 4 aromatic carbocycles. The van der Waals surface area contributed by atoms with Gasteiger partial charge in [-0.2, -0.15) is 4.57 Å². The maximum Gasteiger partial charge on any atom is 0.295 e. The van der Waals surface area contributed by atoms with E-state index >= 15 is 0 Å². The molecule has 0 radical (unpaired) electrons. The van der Waals surface area contributed by atoms with Crippen LogP contribution in [0.1, 0.15) is 5.56 Å². The summed E-state index contributed by atoms with van der Waals surface area (Å²) in [5.74, 6) is 1.17. The first-order valence-corrected chi connectivity index (χ1v) is 11.6. The standard InChI is InChI=1S/C28H22N3S/c1-19-16-24-27(32-18-29-24)17-23(19)28-30(2)25-10-6-7-11-26(25)31(28)22-14-12-21(13-15-22)20-8-4-3-5-9-20/h3-18H,1-2H3/q+1. The zero-order valence-electron chi connectivity index (χ0n) is 18.0. The molecule has 0 aliphatic heterocycles. The lowest BCUT2D eigenvalue weighted by Gasteiger charge is -2.08. The summed E-state index contributed by atoms with van der Waals surface area (Å²) in [4.78, 5) is 4.50. The predicted octanol–water partition coefficient (Wildman–Crippen LogP) is 6.71. The van der Waals surface area contributed by atoms with Gasteiger partial charge in [-0.3, -0.25) is 0 Å². The fraction of sp³-hybridized carbons (Fsp3) is 0.0714. The molecule has 0 aliphatic rings. The topological polar surface area (TPSA) is 21.7 Å². The number of thiazole rings is 1. The molecule has 0 unspecified atom stereocenters. The van der Waals surface area contributed by atoms with Crippen LogP contribution in [0.2, 0.25) is 0 Å². The Morgan fingerprint density at radius 1 is 0.812 bits per heavy atom. The molecular weight excluding hydrogens is 410 g/mol. The fourth-order valence-corrected chi connectivity index (χ4v) is 5.26. The van der Waals surface area contributed by atoms with Crippen molar-refractivity contribution in [2.75, 3.05) is 0 Å². The van der Waals surface area contributed by atoms with Gasteiger partial charge in [0.15, 0.2) is 11.0 Å². The SMILES string of the molecule is Cc1cc2ncsc2cc1-c1n(-c2ccc(-c3ccccc3)cc2)c2ccccc2[n+]1C. The van der Waals surface area contributed by atoms with Gasteiger partial charge in [0.1, 0.15) is 5.69 Å². The molecule has 0 N–H and O–H groups in total. The molecule has 0 fully saturated rings. The van der Waals surface area contributed by atoms with Crippen LogP contribution in [0, 0.1) is 6.92 Å². The molecule has 4 heteroatoms. The monoisotopic (exact) mass is 432 g/mol. The van der Waals surface area contributed by atoms with Crippen LogP contribution in [0.5, 0.6) is 0 Å². The normalized spacial score (nSPS) is 11.4. The Morgan fingerprint density at radius 2 is 1.53 bits per heavy atom. The third-order valence-corrected chi connectivity index (χ3v) is 6.96. The van der Waals surface area contributed by atoms with Crippen molar-refractivity contribution in [1.29, 1.82) is 0 Å². The van der Waals surface area contributed by atoms with Crippen LogP contribution in [-0.4, -0.2) is 9.55 Å². The smallest absolute Gasteiger partial charge is 0.245 e. The minimum Gasteiger partial charge on any atom is -0.245 e. The number of nitrogens with zero attached hydrogens (tertiary/aromatic N) is 3. The Kier molecular flexibility index (Phi) is 4.40. The van der Waals surface area contributed by atoms with E-state index in [4.69, 9.17) is 0 Å². The van der Waals surface area contributed by atoms with Gasteiger partial charge in [-0.15, -0.1) is 11.3 Å². The summed E-state index contributed by atoms with van der Waals surface area (Å²) in [7, 11) is 2.16. The summed E-state index contributed by atoms with van der Waals surface area (Å²) in [5, 5.41) is 0. The van der Waals surface area contributed by atoms with Crippen molar-refractivity contribution in [3.63, 3.8) is 0 Å². The van der Waals surface area contributed by atoms with Crippen molar-refractivity contribution in [3.8, 4) is 28.2 Å². The minimum atomic E-state index is 1.06. The van der Waals surface area contributed by atoms with Crippen LogP contribution in [0.3, 0.4) is 0 Å². The van der Waals surface area contributed by atoms with Gasteiger partial charge in [-0.25, -0.2) is 9.55 Å². The van der Waals surface area contributed by atoms with E-state index in [0.29, 0.717) is 0 Å². The second-order valence-corrected chi connectivity index (χ2v) is 8.99. The van der Waals surface area contributed by atoms with Crippen LogP contribution >= 0.6 is 11.3 Å². The highest BCUT2D eigenvalue weighted by Crippen LogP contribution is 2.33. The number of hydrogen-bond donors (Lipinski definition) is 0. The molecule has 6 aromatic rings. The average Bonchev–Trinajstić information content (AvgIpc) is 3.41. The molecule has 6 rings (SSSR count). The zero-order chi connectivity index (χ0) is 21.7. The van der Waals surface area contributed by atoms with Crippen molar-refractivity contribution in [1.82, 2.24) is 9.55 Å². The van der Waals surface area contributed by atoms with Gasteiger partial charge in [0.05, 0.1) is 28.3 Å². The second-order valence-electron chi connectivity index (χ2n) is 8.11. The molecular formula is C28H22N3S+. The number of imidazole rings is 1. The quantitative estimate of drug-likeness (QED) is 0.285. The molecule has 154 valence electrons. The summed E-state index contributed by atoms with van der Waals surface area (Å²) in [6.45, 7) is 2.18. The minimum absolute atomic E-state index is 1.06. The van der Waals surface area contributed by atoms with Gasteiger partial charge in [0.25, 0.3) is 5.82 Å². The van der Waals surface area contributed by atoms with E-state index in [0.717, 1.165) is 11.2 Å². The maximum atomic E-state index is 4.50. The lowest BCUT2D eigenvalue weighted by Crippen LogP contribution is -2.30. The zero-order valence-corrected chi connectivity index (χ0v) is 18.8. The number of fused-ring (bicyclic) bond motifs is 2. The van der Waals surface area contributed by atoms with E-state index < -0.39 is 0 Å². The Morgan fingerprint density at radius 3 is 2.34 bits per heavy atom. The van der Waals surface area contributed by atoms with Crippen LogP contribution in [0.4, 0.5) is 0 Å². The molecule has 0 saturated heterocycles. The van der Waals surface area contributed by atoms with Gasteiger partial charge < -0.3 is 0 Å². The number of benzene rings is 4. The third-order valence-electron chi connectivity index (χ3n) is 6.16. The Hall–Kier alpha value is -3.76. The van der Waals surface area contributed by atoms with E-state index in [1.54, 1.807) is 11.3 Å². The van der Waals surface area contributed by atoms with Crippen molar-refractivity contribution in [2.24, 2.45) is 7.05 Å². The molecule has 0 bridgehead atoms. The molecule has 0 saturated carbocycles. The summed E-state index contributed by atoms with van der Waals surface area (Å²) in [5.41, 5.74) is 11.4. The van der Waals surface area contributed by atoms with Gasteiger partial charge in [0.2, 0.25) is 0 Å². The van der Waals surface area contributed by atoms with E-state index in [-0.39, 0.29) is 0 Å². The molecule has 3 nitrogen and oxygen atoms in total. The van der Waals surface area contributed by atoms with Crippen LogP contribution < -0.4 is 4.57 Å². The van der Waals surface area contributed by atoms with E-state index in [1.165, 1.54) is 43.8 Å². The highest BCUT2D eigenvalue weighted by Gasteiger charge is 2.27. The first-order valence-electron chi connectivity index (χ1n) is 10.7. The number of hydrogen-bond acceptors (Lipinski definition) is 2. The number of aromatic nitrogens is 3. The molecule has 2 heterocycles. The van der Waals surface area contributed by atoms with Crippen molar-refractivity contribution < 1.29 is 4.57 Å². The molecule has 0 spiro atoms. The lowest BCUT2D eigenvalue weighted by molar-refractivity contribution is -0.633. The molecule has 2 aromatic heterocycles. The summed E-state index contributed by atoms with van der Waals surface area (Å²) < 4.78 is 5.89. The molecule has 0 amide bonds. The fourth-order valence-electron chi connectivity index (χ4n) is 4.56. The summed E-state index contributed by atoms with van der Waals surface area (Å²) in [6, 6.07) is 32.5. The van der Waals surface area contributed by atoms with Crippen LogP contribution in [-0.2, 0) is 7.05 Å². The van der Waals surface area contributed by atoms with Crippen molar-refractivity contribution in [3.05, 3.63) is 102 Å². The predicted molar refractivity (Wildman–Crippen MR) is 133 cm³/mol. The first-order chi connectivity index (χ1) is 15.7. The summed E-state index contributed by atoms with van der Waals surface area (Å²) in [6.07, 6.45) is 0. The second kappa shape index (κ2) is 7.43. The average molecular weight is 433 g/mol.